The van der Waals surface area contributed by atoms with Gasteiger partial charge in [-0.15, -0.1) is 0 Å². The maximum atomic E-state index is 12.7. The number of hydrogen-bond acceptors (Lipinski definition) is 4. The van der Waals surface area contributed by atoms with Gasteiger partial charge < -0.3 is 19.4 Å². The van der Waals surface area contributed by atoms with E-state index in [4.69, 9.17) is 4.74 Å². The van der Waals surface area contributed by atoms with Crippen molar-refractivity contribution in [2.24, 2.45) is 0 Å². The summed E-state index contributed by atoms with van der Waals surface area (Å²) >= 11 is 0. The van der Waals surface area contributed by atoms with E-state index in [-0.39, 0.29) is 12.0 Å². The number of piperidine rings is 1. The smallest absolute Gasteiger partial charge is 0.409 e. The molecule has 5 rings (SSSR count). The van der Waals surface area contributed by atoms with Crippen LogP contribution < -0.4 is 0 Å². The number of fused-ring (bicyclic) bond motifs is 2. The van der Waals surface area contributed by atoms with E-state index in [0.717, 1.165) is 38.9 Å². The third-order valence-electron chi connectivity index (χ3n) is 7.74. The van der Waals surface area contributed by atoms with Crippen LogP contribution in [0.1, 0.15) is 54.9 Å². The Bertz CT molecular complexity index is 1130. The molecule has 1 aliphatic carbocycles. The highest BCUT2D eigenvalue weighted by Gasteiger charge is 2.25. The summed E-state index contributed by atoms with van der Waals surface area (Å²) in [6, 6.07) is 17.5. The van der Waals surface area contributed by atoms with E-state index in [1.54, 1.807) is 4.90 Å². The molecule has 2 heterocycles. The van der Waals surface area contributed by atoms with E-state index in [1.807, 2.05) is 11.8 Å². The number of amides is 2. The quantitative estimate of drug-likeness (QED) is 0.487. The van der Waals surface area contributed by atoms with Crippen LogP contribution in [0.5, 0.6) is 0 Å². The van der Waals surface area contributed by atoms with Crippen molar-refractivity contribution in [2.45, 2.75) is 32.6 Å². The largest absolute Gasteiger partial charge is 0.450 e. The van der Waals surface area contributed by atoms with E-state index < -0.39 is 0 Å². The SMILES string of the molecule is CCOC(=O)N1CCN(C(=O)CCCN2CCC(=C3c4ccccc4C=Cc4ccccc43)CC2)CC1. The summed E-state index contributed by atoms with van der Waals surface area (Å²) < 4.78 is 5.07. The molecule has 0 aromatic heterocycles. The number of likely N-dealkylation sites (tertiary alicyclic amines) is 1. The molecule has 0 saturated carbocycles. The van der Waals surface area contributed by atoms with Crippen molar-refractivity contribution in [2.75, 3.05) is 52.4 Å². The van der Waals surface area contributed by atoms with Gasteiger partial charge in [0, 0.05) is 45.7 Å². The molecule has 2 amide bonds. The third kappa shape index (κ3) is 5.80. The van der Waals surface area contributed by atoms with Gasteiger partial charge in [0.05, 0.1) is 6.61 Å². The fourth-order valence-electron chi connectivity index (χ4n) is 5.71. The Labute approximate surface area is 220 Å². The Hall–Kier alpha value is -3.38. The Morgan fingerprint density at radius 3 is 1.95 bits per heavy atom. The number of ether oxygens (including phenoxy) is 1. The van der Waals surface area contributed by atoms with Crippen molar-refractivity contribution in [1.82, 2.24) is 14.7 Å². The van der Waals surface area contributed by atoms with Gasteiger partial charge in [-0.2, -0.15) is 0 Å². The molecule has 37 heavy (non-hydrogen) atoms. The van der Waals surface area contributed by atoms with Crippen molar-refractivity contribution >= 4 is 29.7 Å². The molecule has 0 N–H and O–H groups in total. The van der Waals surface area contributed by atoms with Crippen molar-refractivity contribution in [3.8, 4) is 0 Å². The van der Waals surface area contributed by atoms with Crippen LogP contribution in [0.25, 0.3) is 17.7 Å². The van der Waals surface area contributed by atoms with Gasteiger partial charge in [0.25, 0.3) is 0 Å². The van der Waals surface area contributed by atoms with Crippen LogP contribution in [0.3, 0.4) is 0 Å². The van der Waals surface area contributed by atoms with E-state index in [9.17, 15) is 9.59 Å². The van der Waals surface area contributed by atoms with Gasteiger partial charge in [-0.3, -0.25) is 4.79 Å². The van der Waals surface area contributed by atoms with E-state index in [0.29, 0.717) is 39.2 Å². The number of hydrogen-bond donors (Lipinski definition) is 0. The van der Waals surface area contributed by atoms with Crippen molar-refractivity contribution in [3.63, 3.8) is 0 Å². The van der Waals surface area contributed by atoms with Gasteiger partial charge in [0.2, 0.25) is 5.91 Å². The van der Waals surface area contributed by atoms with Gasteiger partial charge >= 0.3 is 6.09 Å². The van der Waals surface area contributed by atoms with E-state index >= 15 is 0 Å². The van der Waals surface area contributed by atoms with Crippen LogP contribution in [-0.4, -0.2) is 79.1 Å². The van der Waals surface area contributed by atoms with Gasteiger partial charge in [0.1, 0.15) is 0 Å². The fraction of sp³-hybridized carbons (Fsp3) is 0.419. The van der Waals surface area contributed by atoms with Crippen LogP contribution in [0.2, 0.25) is 0 Å². The maximum absolute atomic E-state index is 12.7. The molecule has 194 valence electrons. The van der Waals surface area contributed by atoms with Crippen LogP contribution in [0.15, 0.2) is 54.1 Å². The summed E-state index contributed by atoms with van der Waals surface area (Å²) in [6.45, 7) is 7.49. The molecular weight excluding hydrogens is 462 g/mol. The molecule has 0 spiro atoms. The standard InChI is InChI=1S/C31H37N3O3/c1-2-37-31(36)34-22-20-33(21-23-34)29(35)12-7-17-32-18-15-26(16-19-32)30-27-10-5-3-8-24(27)13-14-25-9-4-6-11-28(25)30/h3-6,8-11,13-14H,2,7,12,15-23H2,1H3. The average molecular weight is 500 g/mol. The molecule has 2 fully saturated rings. The van der Waals surface area contributed by atoms with Crippen LogP contribution >= 0.6 is 0 Å². The molecule has 3 aliphatic rings. The first kappa shape index (κ1) is 25.3. The minimum absolute atomic E-state index is 0.197. The van der Waals surface area contributed by atoms with Crippen molar-refractivity contribution in [1.29, 1.82) is 0 Å². The molecule has 2 aromatic carbocycles. The first-order valence-electron chi connectivity index (χ1n) is 13.6. The van der Waals surface area contributed by atoms with Crippen LogP contribution in [0.4, 0.5) is 4.79 Å². The van der Waals surface area contributed by atoms with Crippen LogP contribution in [0, 0.1) is 0 Å². The number of carbonyl (C=O) groups is 2. The highest BCUT2D eigenvalue weighted by molar-refractivity contribution is 5.94. The van der Waals surface area contributed by atoms with E-state index in [2.05, 4.69) is 65.6 Å². The molecule has 2 aromatic rings. The minimum Gasteiger partial charge on any atom is -0.450 e. The molecule has 0 radical (unpaired) electrons. The fourth-order valence-corrected chi connectivity index (χ4v) is 5.71. The van der Waals surface area contributed by atoms with Crippen molar-refractivity contribution in [3.05, 3.63) is 76.4 Å². The second-order valence-electron chi connectivity index (χ2n) is 10.00. The number of benzene rings is 2. The van der Waals surface area contributed by atoms with Crippen LogP contribution in [-0.2, 0) is 9.53 Å². The lowest BCUT2D eigenvalue weighted by molar-refractivity contribution is -0.133. The summed E-state index contributed by atoms with van der Waals surface area (Å²) in [5, 5.41) is 0. The molecule has 6 nitrogen and oxygen atoms in total. The van der Waals surface area contributed by atoms with Gasteiger partial charge in [0.15, 0.2) is 0 Å². The molecule has 2 saturated heterocycles. The van der Waals surface area contributed by atoms with Gasteiger partial charge in [-0.1, -0.05) is 66.3 Å². The second kappa shape index (κ2) is 11.8. The monoisotopic (exact) mass is 499 g/mol. The molecule has 2 aliphatic heterocycles. The molecule has 0 bridgehead atoms. The van der Waals surface area contributed by atoms with Crippen molar-refractivity contribution < 1.29 is 14.3 Å². The number of piperazine rings is 1. The molecular formula is C31H37N3O3. The Kier molecular flexibility index (Phi) is 8.05. The minimum atomic E-state index is -0.277. The second-order valence-corrected chi connectivity index (χ2v) is 10.00. The molecule has 0 unspecified atom stereocenters. The molecule has 6 heteroatoms. The summed E-state index contributed by atoms with van der Waals surface area (Å²) in [5.74, 6) is 0.197. The summed E-state index contributed by atoms with van der Waals surface area (Å²) in [5.41, 5.74) is 8.18. The lowest BCUT2D eigenvalue weighted by Crippen LogP contribution is -2.50. The zero-order valence-electron chi connectivity index (χ0n) is 21.8. The number of carbonyl (C=O) groups excluding carboxylic acids is 2. The third-order valence-corrected chi connectivity index (χ3v) is 7.74. The highest BCUT2D eigenvalue weighted by atomic mass is 16.6. The predicted octanol–water partition coefficient (Wildman–Crippen LogP) is 5.15. The Morgan fingerprint density at radius 2 is 1.35 bits per heavy atom. The van der Waals surface area contributed by atoms with E-state index in [1.165, 1.54) is 33.4 Å². The van der Waals surface area contributed by atoms with Gasteiger partial charge in [-0.05, 0) is 60.6 Å². The zero-order valence-corrected chi connectivity index (χ0v) is 21.8. The average Bonchev–Trinajstić information content (AvgIpc) is 3.11. The first-order chi connectivity index (χ1) is 18.1. The lowest BCUT2D eigenvalue weighted by Gasteiger charge is -2.34. The summed E-state index contributed by atoms with van der Waals surface area (Å²) in [6.07, 6.45) is 7.76. The number of nitrogens with zero attached hydrogens (tertiary/aromatic N) is 3. The number of rotatable bonds is 5. The Balaban J connectivity index is 1.15. The highest BCUT2D eigenvalue weighted by Crippen LogP contribution is 2.38. The van der Waals surface area contributed by atoms with Gasteiger partial charge in [-0.25, -0.2) is 4.79 Å². The summed E-state index contributed by atoms with van der Waals surface area (Å²) in [4.78, 5) is 30.7. The maximum Gasteiger partial charge on any atom is 0.409 e. The summed E-state index contributed by atoms with van der Waals surface area (Å²) in [7, 11) is 0. The first-order valence-corrected chi connectivity index (χ1v) is 13.6. The topological polar surface area (TPSA) is 53.1 Å². The zero-order chi connectivity index (χ0) is 25.6. The lowest BCUT2D eigenvalue weighted by atomic mass is 9.86. The normalized spacial score (nSPS) is 17.8. The molecule has 0 atom stereocenters. The predicted molar refractivity (Wildman–Crippen MR) is 148 cm³/mol. The Morgan fingerprint density at radius 1 is 0.784 bits per heavy atom.